The summed E-state index contributed by atoms with van der Waals surface area (Å²) in [6.07, 6.45) is 0.861. The van der Waals surface area contributed by atoms with Crippen molar-refractivity contribution in [3.63, 3.8) is 0 Å². The first-order chi connectivity index (χ1) is 8.76. The van der Waals surface area contributed by atoms with Crippen molar-refractivity contribution in [3.05, 3.63) is 39.3 Å². The van der Waals surface area contributed by atoms with Gasteiger partial charge in [-0.25, -0.2) is 4.98 Å². The fourth-order valence-electron chi connectivity index (χ4n) is 1.98. The van der Waals surface area contributed by atoms with E-state index in [1.807, 2.05) is 19.1 Å². The lowest BCUT2D eigenvalue weighted by Crippen LogP contribution is -1.94. The lowest BCUT2D eigenvalue weighted by atomic mass is 10.1. The monoisotopic (exact) mass is 262 g/mol. The molecule has 0 spiro atoms. The molecule has 0 atom stereocenters. The van der Waals surface area contributed by atoms with Crippen LogP contribution in [0, 0.1) is 6.92 Å². The molecular formula is C13H14N2O2S. The van der Waals surface area contributed by atoms with Gasteiger partial charge in [0.25, 0.3) is 0 Å². The highest BCUT2D eigenvalue weighted by Crippen LogP contribution is 2.33. The predicted molar refractivity (Wildman–Crippen MR) is 70.1 cm³/mol. The van der Waals surface area contributed by atoms with Crippen molar-refractivity contribution in [1.29, 1.82) is 0 Å². The molecule has 94 valence electrons. The van der Waals surface area contributed by atoms with Gasteiger partial charge in [-0.2, -0.15) is 0 Å². The Morgan fingerprint density at radius 2 is 2.17 bits per heavy atom. The molecule has 5 heteroatoms. The highest BCUT2D eigenvalue weighted by molar-refractivity contribution is 7.11. The van der Waals surface area contributed by atoms with E-state index in [0.29, 0.717) is 13.3 Å². The summed E-state index contributed by atoms with van der Waals surface area (Å²) in [7, 11) is 0. The molecule has 3 rings (SSSR count). The van der Waals surface area contributed by atoms with E-state index in [0.717, 1.165) is 28.6 Å². The van der Waals surface area contributed by atoms with Gasteiger partial charge < -0.3 is 15.2 Å². The normalized spacial score (nSPS) is 13.0. The fourth-order valence-corrected chi connectivity index (χ4v) is 2.96. The van der Waals surface area contributed by atoms with Crippen molar-refractivity contribution in [2.45, 2.75) is 19.9 Å². The molecule has 0 aliphatic carbocycles. The first kappa shape index (κ1) is 11.5. The van der Waals surface area contributed by atoms with Crippen molar-refractivity contribution in [3.8, 4) is 11.5 Å². The summed E-state index contributed by atoms with van der Waals surface area (Å²) in [6, 6.07) is 6.05. The van der Waals surface area contributed by atoms with Gasteiger partial charge in [0.05, 0.1) is 5.69 Å². The van der Waals surface area contributed by atoms with E-state index in [1.54, 1.807) is 11.3 Å². The van der Waals surface area contributed by atoms with Gasteiger partial charge >= 0.3 is 0 Å². The van der Waals surface area contributed by atoms with Crippen LogP contribution in [0.15, 0.2) is 18.2 Å². The van der Waals surface area contributed by atoms with Crippen molar-refractivity contribution < 1.29 is 9.47 Å². The minimum atomic E-state index is 0.315. The molecule has 18 heavy (non-hydrogen) atoms. The van der Waals surface area contributed by atoms with Crippen LogP contribution in [0.4, 0.5) is 0 Å². The van der Waals surface area contributed by atoms with Gasteiger partial charge in [0, 0.05) is 17.8 Å². The van der Waals surface area contributed by atoms with Crippen molar-refractivity contribution in [2.24, 2.45) is 5.73 Å². The van der Waals surface area contributed by atoms with Gasteiger partial charge in [0.15, 0.2) is 11.5 Å². The summed E-state index contributed by atoms with van der Waals surface area (Å²) in [5.41, 5.74) is 7.88. The molecule has 1 aromatic carbocycles. The van der Waals surface area contributed by atoms with Gasteiger partial charge in [-0.3, -0.25) is 0 Å². The number of fused-ring (bicyclic) bond motifs is 1. The Kier molecular flexibility index (Phi) is 2.93. The summed E-state index contributed by atoms with van der Waals surface area (Å²) in [6.45, 7) is 2.85. The zero-order valence-corrected chi connectivity index (χ0v) is 10.9. The number of rotatable bonds is 3. The van der Waals surface area contributed by atoms with Crippen LogP contribution >= 0.6 is 11.3 Å². The molecule has 2 heterocycles. The largest absolute Gasteiger partial charge is 0.454 e. The molecule has 2 N–H and O–H groups in total. The first-order valence-corrected chi connectivity index (χ1v) is 6.61. The van der Waals surface area contributed by atoms with E-state index in [9.17, 15) is 0 Å². The second-order valence-electron chi connectivity index (χ2n) is 4.18. The maximum Gasteiger partial charge on any atom is 0.231 e. The minimum absolute atomic E-state index is 0.315. The number of hydrogen-bond acceptors (Lipinski definition) is 5. The van der Waals surface area contributed by atoms with Crippen LogP contribution in [-0.2, 0) is 13.0 Å². The Morgan fingerprint density at radius 1 is 1.33 bits per heavy atom. The Hall–Kier alpha value is -1.59. The fraction of sp³-hybridized carbons (Fsp3) is 0.308. The maximum absolute atomic E-state index is 5.61. The van der Waals surface area contributed by atoms with Crippen LogP contribution in [0.1, 0.15) is 21.1 Å². The zero-order chi connectivity index (χ0) is 12.5. The van der Waals surface area contributed by atoms with Crippen LogP contribution in [0.5, 0.6) is 11.5 Å². The number of nitrogens with zero attached hydrogens (tertiary/aromatic N) is 1. The summed E-state index contributed by atoms with van der Waals surface area (Å²) >= 11 is 1.68. The van der Waals surface area contributed by atoms with E-state index >= 15 is 0 Å². The first-order valence-electron chi connectivity index (χ1n) is 5.80. The topological polar surface area (TPSA) is 57.4 Å². The summed E-state index contributed by atoms with van der Waals surface area (Å²) < 4.78 is 10.7. The Morgan fingerprint density at radius 3 is 2.94 bits per heavy atom. The van der Waals surface area contributed by atoms with Crippen molar-refractivity contribution >= 4 is 11.3 Å². The molecule has 0 amide bonds. The number of ether oxygens (including phenoxy) is 2. The molecule has 0 radical (unpaired) electrons. The third kappa shape index (κ3) is 2.07. The van der Waals surface area contributed by atoms with E-state index in [-0.39, 0.29) is 0 Å². The molecular weight excluding hydrogens is 248 g/mol. The molecule has 1 aliphatic heterocycles. The number of aromatic nitrogens is 1. The van der Waals surface area contributed by atoms with Crippen LogP contribution in [0.2, 0.25) is 0 Å². The van der Waals surface area contributed by atoms with Gasteiger partial charge in [-0.05, 0) is 24.6 Å². The molecule has 1 aliphatic rings. The molecule has 0 saturated carbocycles. The molecule has 0 saturated heterocycles. The van der Waals surface area contributed by atoms with Crippen LogP contribution in [0.25, 0.3) is 0 Å². The standard InChI is InChI=1S/C13H14N2O2S/c1-8-12(18-13(6-14)15-8)5-9-2-3-10-11(4-9)17-7-16-10/h2-4H,5-7,14H2,1H3. The molecule has 2 aromatic rings. The Balaban J connectivity index is 1.85. The maximum atomic E-state index is 5.61. The molecule has 0 unspecified atom stereocenters. The summed E-state index contributed by atoms with van der Waals surface area (Å²) in [5, 5.41) is 0.989. The second kappa shape index (κ2) is 4.59. The Bertz CT molecular complexity index is 580. The second-order valence-corrected chi connectivity index (χ2v) is 5.35. The van der Waals surface area contributed by atoms with E-state index < -0.39 is 0 Å². The van der Waals surface area contributed by atoms with Crippen molar-refractivity contribution in [2.75, 3.05) is 6.79 Å². The molecule has 1 aromatic heterocycles. The van der Waals surface area contributed by atoms with E-state index in [1.165, 1.54) is 10.4 Å². The zero-order valence-electron chi connectivity index (χ0n) is 10.1. The average molecular weight is 262 g/mol. The van der Waals surface area contributed by atoms with E-state index in [2.05, 4.69) is 11.1 Å². The summed E-state index contributed by atoms with van der Waals surface area (Å²) in [4.78, 5) is 5.69. The third-order valence-corrected chi connectivity index (χ3v) is 4.09. The van der Waals surface area contributed by atoms with Crippen LogP contribution in [-0.4, -0.2) is 11.8 Å². The molecule has 0 bridgehead atoms. The highest BCUT2D eigenvalue weighted by Gasteiger charge is 2.14. The number of aryl methyl sites for hydroxylation is 1. The smallest absolute Gasteiger partial charge is 0.231 e. The quantitative estimate of drug-likeness (QED) is 0.921. The van der Waals surface area contributed by atoms with Crippen LogP contribution < -0.4 is 15.2 Å². The predicted octanol–water partition coefficient (Wildman–Crippen LogP) is 2.23. The SMILES string of the molecule is Cc1nc(CN)sc1Cc1ccc2c(c1)OCO2. The minimum Gasteiger partial charge on any atom is -0.454 e. The number of thiazole rings is 1. The highest BCUT2D eigenvalue weighted by atomic mass is 32.1. The van der Waals surface area contributed by atoms with Gasteiger partial charge in [0.1, 0.15) is 5.01 Å². The van der Waals surface area contributed by atoms with Crippen molar-refractivity contribution in [1.82, 2.24) is 4.98 Å². The summed E-state index contributed by atoms with van der Waals surface area (Å²) in [5.74, 6) is 1.65. The lowest BCUT2D eigenvalue weighted by Gasteiger charge is -2.02. The third-order valence-electron chi connectivity index (χ3n) is 2.91. The number of nitrogens with two attached hydrogens (primary N) is 1. The number of benzene rings is 1. The van der Waals surface area contributed by atoms with Gasteiger partial charge in [0.2, 0.25) is 6.79 Å². The van der Waals surface area contributed by atoms with E-state index in [4.69, 9.17) is 15.2 Å². The van der Waals surface area contributed by atoms with Gasteiger partial charge in [-0.1, -0.05) is 6.07 Å². The van der Waals surface area contributed by atoms with Crippen LogP contribution in [0.3, 0.4) is 0 Å². The average Bonchev–Trinajstić information content (AvgIpc) is 2.96. The Labute approximate surface area is 109 Å². The lowest BCUT2D eigenvalue weighted by molar-refractivity contribution is 0.174. The van der Waals surface area contributed by atoms with Gasteiger partial charge in [-0.15, -0.1) is 11.3 Å². The molecule has 4 nitrogen and oxygen atoms in total. The molecule has 0 fully saturated rings. The number of hydrogen-bond donors (Lipinski definition) is 1.